The van der Waals surface area contributed by atoms with Gasteiger partial charge in [-0.1, -0.05) is 13.0 Å². The van der Waals surface area contributed by atoms with Gasteiger partial charge in [-0.2, -0.15) is 0 Å². The summed E-state index contributed by atoms with van der Waals surface area (Å²) in [4.78, 5) is 21.0. The molecule has 4 nitrogen and oxygen atoms in total. The fraction of sp³-hybridized carbons (Fsp3) is 0.526. The zero-order chi connectivity index (χ0) is 15.8. The van der Waals surface area contributed by atoms with Crippen molar-refractivity contribution in [1.82, 2.24) is 14.8 Å². The summed E-state index contributed by atoms with van der Waals surface area (Å²) in [5.41, 5.74) is 1.86. The summed E-state index contributed by atoms with van der Waals surface area (Å²) >= 11 is 0. The summed E-state index contributed by atoms with van der Waals surface area (Å²) in [5, 5.41) is 1.16. The van der Waals surface area contributed by atoms with Gasteiger partial charge in [-0.25, -0.2) is 0 Å². The van der Waals surface area contributed by atoms with Crippen molar-refractivity contribution in [3.05, 3.63) is 36.0 Å². The molecule has 2 unspecified atom stereocenters. The Labute approximate surface area is 137 Å². The first-order chi connectivity index (χ1) is 11.3. The molecule has 1 aromatic carbocycles. The van der Waals surface area contributed by atoms with Crippen LogP contribution in [0.15, 0.2) is 30.5 Å². The molecule has 0 spiro atoms. The van der Waals surface area contributed by atoms with Crippen LogP contribution in [-0.2, 0) is 0 Å². The van der Waals surface area contributed by atoms with Gasteiger partial charge in [0.15, 0.2) is 0 Å². The smallest absolute Gasteiger partial charge is 0.254 e. The number of nitrogens with zero attached hydrogens (tertiary/aromatic N) is 2. The van der Waals surface area contributed by atoms with E-state index in [9.17, 15) is 4.79 Å². The number of benzene rings is 1. The maximum atomic E-state index is 13.1. The molecule has 0 aliphatic carbocycles. The van der Waals surface area contributed by atoms with Gasteiger partial charge >= 0.3 is 0 Å². The van der Waals surface area contributed by atoms with Gasteiger partial charge < -0.3 is 9.88 Å². The monoisotopic (exact) mass is 311 g/mol. The Hall–Kier alpha value is -1.81. The first-order valence-electron chi connectivity index (χ1n) is 8.90. The van der Waals surface area contributed by atoms with E-state index < -0.39 is 0 Å². The molecule has 2 saturated heterocycles. The zero-order valence-electron chi connectivity index (χ0n) is 13.8. The quantitative estimate of drug-likeness (QED) is 0.945. The van der Waals surface area contributed by atoms with Crippen molar-refractivity contribution >= 4 is 16.8 Å². The lowest BCUT2D eigenvalue weighted by Crippen LogP contribution is -2.48. The Balaban J connectivity index is 1.59. The summed E-state index contributed by atoms with van der Waals surface area (Å²) in [5.74, 6) is 0.201. The van der Waals surface area contributed by atoms with Gasteiger partial charge in [-0.15, -0.1) is 0 Å². The van der Waals surface area contributed by atoms with E-state index in [4.69, 9.17) is 0 Å². The Morgan fingerprint density at radius 2 is 2.00 bits per heavy atom. The molecule has 2 aliphatic rings. The third-order valence-corrected chi connectivity index (χ3v) is 5.63. The molecule has 3 heterocycles. The maximum Gasteiger partial charge on any atom is 0.254 e. The van der Waals surface area contributed by atoms with Gasteiger partial charge in [0.25, 0.3) is 5.91 Å². The molecule has 2 aromatic rings. The van der Waals surface area contributed by atoms with Crippen molar-refractivity contribution in [2.24, 2.45) is 0 Å². The third kappa shape index (κ3) is 2.55. The second kappa shape index (κ2) is 6.00. The molecule has 2 aliphatic heterocycles. The predicted molar refractivity (Wildman–Crippen MR) is 92.6 cm³/mol. The second-order valence-corrected chi connectivity index (χ2v) is 6.83. The molecule has 1 amide bonds. The van der Waals surface area contributed by atoms with Crippen LogP contribution in [0, 0.1) is 0 Å². The fourth-order valence-electron chi connectivity index (χ4n) is 4.47. The molecule has 2 atom stereocenters. The van der Waals surface area contributed by atoms with Crippen molar-refractivity contribution < 1.29 is 4.79 Å². The number of fused-ring (bicyclic) bond motifs is 1. The normalized spacial score (nSPS) is 25.5. The van der Waals surface area contributed by atoms with Gasteiger partial charge in [-0.05, 0) is 62.4 Å². The largest absolute Gasteiger partial charge is 0.361 e. The van der Waals surface area contributed by atoms with Crippen LogP contribution in [0.3, 0.4) is 0 Å². The summed E-state index contributed by atoms with van der Waals surface area (Å²) < 4.78 is 0. The Bertz CT molecular complexity index is 707. The minimum Gasteiger partial charge on any atom is -0.361 e. The maximum absolute atomic E-state index is 13.1. The summed E-state index contributed by atoms with van der Waals surface area (Å²) in [6.45, 7) is 5.42. The number of hydrogen-bond donors (Lipinski definition) is 1. The molecule has 23 heavy (non-hydrogen) atoms. The lowest BCUT2D eigenvalue weighted by atomic mass is 10.0. The topological polar surface area (TPSA) is 39.3 Å². The number of likely N-dealkylation sites (tertiary alicyclic amines) is 2. The van der Waals surface area contributed by atoms with Crippen LogP contribution in [0.25, 0.3) is 10.9 Å². The number of likely N-dealkylation sites (N-methyl/N-ethyl adjacent to an activating group) is 1. The first kappa shape index (κ1) is 14.8. The Morgan fingerprint density at radius 1 is 1.17 bits per heavy atom. The van der Waals surface area contributed by atoms with Crippen LogP contribution in [0.4, 0.5) is 0 Å². The van der Waals surface area contributed by atoms with Crippen molar-refractivity contribution in [2.75, 3.05) is 19.6 Å². The van der Waals surface area contributed by atoms with Crippen molar-refractivity contribution in [3.8, 4) is 0 Å². The van der Waals surface area contributed by atoms with Gasteiger partial charge in [-0.3, -0.25) is 9.69 Å². The van der Waals surface area contributed by atoms with Gasteiger partial charge in [0, 0.05) is 35.9 Å². The van der Waals surface area contributed by atoms with E-state index in [1.807, 2.05) is 30.5 Å². The predicted octanol–water partition coefficient (Wildman–Crippen LogP) is 3.26. The highest BCUT2D eigenvalue weighted by atomic mass is 16.2. The van der Waals surface area contributed by atoms with E-state index in [-0.39, 0.29) is 5.91 Å². The summed E-state index contributed by atoms with van der Waals surface area (Å²) in [7, 11) is 0. The van der Waals surface area contributed by atoms with Crippen LogP contribution in [-0.4, -0.2) is 52.4 Å². The molecule has 1 N–H and O–H groups in total. The molecule has 0 saturated carbocycles. The number of carbonyl (C=O) groups excluding carboxylic acids is 1. The minimum atomic E-state index is 0.201. The Morgan fingerprint density at radius 3 is 2.87 bits per heavy atom. The molecule has 1 aromatic heterocycles. The average Bonchev–Trinajstić information content (AvgIpc) is 3.30. The van der Waals surface area contributed by atoms with E-state index in [0.717, 1.165) is 42.4 Å². The van der Waals surface area contributed by atoms with Crippen LogP contribution in [0.2, 0.25) is 0 Å². The lowest BCUT2D eigenvalue weighted by molar-refractivity contribution is 0.0650. The summed E-state index contributed by atoms with van der Waals surface area (Å²) in [6, 6.07) is 9.00. The SMILES string of the molecule is CCN1CCCC1C1CCCN1C(=O)c1ccc2cc[nH]c2c1. The van der Waals surface area contributed by atoms with Gasteiger partial charge in [0.05, 0.1) is 0 Å². The highest BCUT2D eigenvalue weighted by Crippen LogP contribution is 2.31. The molecular weight excluding hydrogens is 286 g/mol. The third-order valence-electron chi connectivity index (χ3n) is 5.63. The lowest BCUT2D eigenvalue weighted by Gasteiger charge is -2.34. The highest BCUT2D eigenvalue weighted by Gasteiger charge is 2.39. The van der Waals surface area contributed by atoms with E-state index in [1.165, 1.54) is 19.4 Å². The van der Waals surface area contributed by atoms with E-state index in [2.05, 4.69) is 21.7 Å². The number of nitrogens with one attached hydrogen (secondary N) is 1. The van der Waals surface area contributed by atoms with Gasteiger partial charge in [0.2, 0.25) is 0 Å². The standard InChI is InChI=1S/C19H25N3O/c1-2-21-11-3-5-17(21)18-6-4-12-22(18)19(23)15-8-7-14-9-10-20-16(14)13-15/h7-10,13,17-18,20H,2-6,11-12H2,1H3. The minimum absolute atomic E-state index is 0.201. The molecule has 4 heteroatoms. The first-order valence-corrected chi connectivity index (χ1v) is 8.90. The molecule has 0 radical (unpaired) electrons. The van der Waals surface area contributed by atoms with E-state index >= 15 is 0 Å². The van der Waals surface area contributed by atoms with Crippen LogP contribution >= 0.6 is 0 Å². The number of hydrogen-bond acceptors (Lipinski definition) is 2. The van der Waals surface area contributed by atoms with Crippen molar-refractivity contribution in [2.45, 2.75) is 44.7 Å². The van der Waals surface area contributed by atoms with Crippen LogP contribution in [0.5, 0.6) is 0 Å². The summed E-state index contributed by atoms with van der Waals surface area (Å²) in [6.07, 6.45) is 6.71. The number of aromatic nitrogens is 1. The van der Waals surface area contributed by atoms with Crippen molar-refractivity contribution in [3.63, 3.8) is 0 Å². The van der Waals surface area contributed by atoms with Crippen LogP contribution in [0.1, 0.15) is 43.0 Å². The van der Waals surface area contributed by atoms with Crippen LogP contribution < -0.4 is 0 Å². The van der Waals surface area contributed by atoms with Crippen molar-refractivity contribution in [1.29, 1.82) is 0 Å². The number of H-pyrrole nitrogens is 1. The second-order valence-electron chi connectivity index (χ2n) is 6.83. The average molecular weight is 311 g/mol. The highest BCUT2D eigenvalue weighted by molar-refractivity contribution is 5.98. The van der Waals surface area contributed by atoms with E-state index in [0.29, 0.717) is 12.1 Å². The molecule has 0 bridgehead atoms. The molecular formula is C19H25N3O. The number of carbonyl (C=O) groups is 1. The van der Waals surface area contributed by atoms with E-state index in [1.54, 1.807) is 0 Å². The zero-order valence-corrected chi connectivity index (χ0v) is 13.8. The molecule has 2 fully saturated rings. The Kier molecular flexibility index (Phi) is 3.85. The van der Waals surface area contributed by atoms with Gasteiger partial charge in [0.1, 0.15) is 0 Å². The fourth-order valence-corrected chi connectivity index (χ4v) is 4.47. The number of rotatable bonds is 3. The molecule has 122 valence electrons. The molecule has 4 rings (SSSR count). The number of amides is 1. The number of aromatic amines is 1.